The molecule has 0 N–H and O–H groups in total. The summed E-state index contributed by atoms with van der Waals surface area (Å²) in [6, 6.07) is 6.84. The highest BCUT2D eigenvalue weighted by Crippen LogP contribution is 2.51. The van der Waals surface area contributed by atoms with Crippen LogP contribution in [0, 0.1) is 0 Å². The van der Waals surface area contributed by atoms with E-state index in [-0.39, 0.29) is 5.41 Å². The molecule has 0 atom stereocenters. The first kappa shape index (κ1) is 17.0. The van der Waals surface area contributed by atoms with Crippen LogP contribution < -0.4 is 0 Å². The molecule has 0 saturated carbocycles. The van der Waals surface area contributed by atoms with Crippen molar-refractivity contribution in [1.82, 2.24) is 0 Å². The van der Waals surface area contributed by atoms with Crippen LogP contribution in [0.2, 0.25) is 0 Å². The van der Waals surface area contributed by atoms with Gasteiger partial charge in [0.05, 0.1) is 0 Å². The zero-order valence-corrected chi connectivity index (χ0v) is 16.6. The SMILES string of the molecule is C=CC1=C(C=C)C(C)(C)c2cc3c4c(c(/C=C\C)ccc4c21)C(=P)C=C3. The summed E-state index contributed by atoms with van der Waals surface area (Å²) >= 11 is 0. The molecular weight excluding hydrogens is 331 g/mol. The van der Waals surface area contributed by atoms with E-state index in [0.717, 1.165) is 5.29 Å². The van der Waals surface area contributed by atoms with Gasteiger partial charge in [0.2, 0.25) is 0 Å². The fourth-order valence-corrected chi connectivity index (χ4v) is 4.90. The molecule has 0 amide bonds. The molecular formula is C25H23P. The Kier molecular flexibility index (Phi) is 3.79. The Morgan fingerprint density at radius 2 is 1.81 bits per heavy atom. The van der Waals surface area contributed by atoms with Crippen LogP contribution in [-0.2, 0) is 5.41 Å². The number of benzene rings is 2. The third-order valence-electron chi connectivity index (χ3n) is 5.72. The molecule has 4 rings (SSSR count). The van der Waals surface area contributed by atoms with Gasteiger partial charge < -0.3 is 0 Å². The molecule has 0 unspecified atom stereocenters. The second-order valence-corrected chi connectivity index (χ2v) is 7.99. The summed E-state index contributed by atoms with van der Waals surface area (Å²) in [5.41, 5.74) is 8.85. The zero-order chi connectivity index (χ0) is 18.6. The van der Waals surface area contributed by atoms with Crippen molar-refractivity contribution in [3.63, 3.8) is 0 Å². The van der Waals surface area contributed by atoms with Crippen LogP contribution in [0.4, 0.5) is 0 Å². The van der Waals surface area contributed by atoms with Crippen molar-refractivity contribution in [1.29, 1.82) is 0 Å². The minimum Gasteiger partial charge on any atom is -0.114 e. The van der Waals surface area contributed by atoms with Gasteiger partial charge in [-0.15, -0.1) is 8.86 Å². The third-order valence-corrected chi connectivity index (χ3v) is 6.14. The van der Waals surface area contributed by atoms with Gasteiger partial charge in [-0.2, -0.15) is 0 Å². The lowest BCUT2D eigenvalue weighted by Gasteiger charge is -2.25. The maximum Gasteiger partial charge on any atom is 0.0159 e. The molecule has 0 aliphatic heterocycles. The maximum atomic E-state index is 4.11. The van der Waals surface area contributed by atoms with Crippen LogP contribution in [-0.4, -0.2) is 5.29 Å². The van der Waals surface area contributed by atoms with E-state index in [1.807, 2.05) is 12.2 Å². The average Bonchev–Trinajstić information content (AvgIpc) is 2.85. The predicted molar refractivity (Wildman–Crippen MR) is 120 cm³/mol. The summed E-state index contributed by atoms with van der Waals surface area (Å²) in [6.07, 6.45) is 12.6. The fraction of sp³-hybridized carbons (Fsp3) is 0.160. The van der Waals surface area contributed by atoms with Crippen LogP contribution in [0.3, 0.4) is 0 Å². The van der Waals surface area contributed by atoms with Gasteiger partial charge in [-0.1, -0.05) is 69.5 Å². The molecule has 0 nitrogen and oxygen atoms in total. The van der Waals surface area contributed by atoms with E-state index in [9.17, 15) is 0 Å². The second kappa shape index (κ2) is 5.79. The zero-order valence-electron chi connectivity index (χ0n) is 15.6. The van der Waals surface area contributed by atoms with Gasteiger partial charge in [0.1, 0.15) is 0 Å². The number of hydrogen-bond donors (Lipinski definition) is 0. The highest BCUT2D eigenvalue weighted by molar-refractivity contribution is 7.23. The van der Waals surface area contributed by atoms with Gasteiger partial charge in [0.15, 0.2) is 0 Å². The summed E-state index contributed by atoms with van der Waals surface area (Å²) in [6.45, 7) is 14.8. The van der Waals surface area contributed by atoms with Gasteiger partial charge in [-0.3, -0.25) is 0 Å². The highest BCUT2D eigenvalue weighted by atomic mass is 31.0. The lowest BCUT2D eigenvalue weighted by Crippen LogP contribution is -2.17. The smallest absolute Gasteiger partial charge is 0.0159 e. The lowest BCUT2D eigenvalue weighted by molar-refractivity contribution is 0.655. The van der Waals surface area contributed by atoms with Crippen LogP contribution in [0.15, 0.2) is 61.2 Å². The first-order chi connectivity index (χ1) is 12.5. The number of hydrogen-bond acceptors (Lipinski definition) is 0. The predicted octanol–water partition coefficient (Wildman–Crippen LogP) is 6.98. The van der Waals surface area contributed by atoms with Gasteiger partial charge >= 0.3 is 0 Å². The highest BCUT2D eigenvalue weighted by Gasteiger charge is 2.37. The van der Waals surface area contributed by atoms with E-state index in [4.69, 9.17) is 0 Å². The van der Waals surface area contributed by atoms with Crippen molar-refractivity contribution in [2.24, 2.45) is 0 Å². The Bertz CT molecular complexity index is 1100. The summed E-state index contributed by atoms with van der Waals surface area (Å²) in [5.74, 6) is 0. The maximum absolute atomic E-state index is 4.11. The Morgan fingerprint density at radius 1 is 1.04 bits per heavy atom. The summed E-state index contributed by atoms with van der Waals surface area (Å²) in [4.78, 5) is 0. The number of rotatable bonds is 3. The van der Waals surface area contributed by atoms with E-state index in [1.165, 1.54) is 49.7 Å². The number of fused-ring (bicyclic) bond motifs is 2. The molecule has 0 radical (unpaired) electrons. The van der Waals surface area contributed by atoms with Crippen LogP contribution >= 0.6 is 8.86 Å². The first-order valence-corrected chi connectivity index (χ1v) is 9.49. The Morgan fingerprint density at radius 3 is 2.46 bits per heavy atom. The van der Waals surface area contributed by atoms with E-state index in [2.05, 4.69) is 85.3 Å². The third kappa shape index (κ3) is 2.06. The van der Waals surface area contributed by atoms with Gasteiger partial charge in [-0.05, 0) is 63.2 Å². The molecule has 128 valence electrons. The van der Waals surface area contributed by atoms with Crippen LogP contribution in [0.5, 0.6) is 0 Å². The first-order valence-electron chi connectivity index (χ1n) is 8.99. The molecule has 0 heterocycles. The van der Waals surface area contributed by atoms with Gasteiger partial charge in [0, 0.05) is 16.3 Å². The molecule has 1 heteroatoms. The molecule has 0 saturated heterocycles. The number of allylic oxidation sites excluding steroid dienone is 6. The van der Waals surface area contributed by atoms with Crippen molar-refractivity contribution < 1.29 is 0 Å². The molecule has 2 aromatic rings. The molecule has 26 heavy (non-hydrogen) atoms. The lowest BCUT2D eigenvalue weighted by atomic mass is 9.78. The monoisotopic (exact) mass is 354 g/mol. The molecule has 0 aromatic heterocycles. The van der Waals surface area contributed by atoms with Crippen molar-refractivity contribution in [3.05, 3.63) is 89.1 Å². The van der Waals surface area contributed by atoms with E-state index < -0.39 is 0 Å². The Hall–Kier alpha value is -2.43. The van der Waals surface area contributed by atoms with Crippen LogP contribution in [0.1, 0.15) is 48.6 Å². The average molecular weight is 354 g/mol. The molecule has 0 spiro atoms. The quantitative estimate of drug-likeness (QED) is 0.522. The van der Waals surface area contributed by atoms with Crippen LogP contribution in [0.25, 0.3) is 28.5 Å². The van der Waals surface area contributed by atoms with Crippen molar-refractivity contribution in [2.45, 2.75) is 26.2 Å². The molecule has 2 aliphatic carbocycles. The van der Waals surface area contributed by atoms with Crippen molar-refractivity contribution in [3.8, 4) is 0 Å². The summed E-state index contributed by atoms with van der Waals surface area (Å²) < 4.78 is 0. The Labute approximate surface area is 158 Å². The molecule has 0 fully saturated rings. The fourth-order valence-electron chi connectivity index (χ4n) is 4.55. The van der Waals surface area contributed by atoms with Crippen molar-refractivity contribution >= 4 is 42.7 Å². The Balaban J connectivity index is 2.23. The van der Waals surface area contributed by atoms with E-state index in [1.54, 1.807) is 0 Å². The molecule has 0 bridgehead atoms. The second-order valence-electron chi connectivity index (χ2n) is 7.45. The van der Waals surface area contributed by atoms with E-state index in [0.29, 0.717) is 0 Å². The van der Waals surface area contributed by atoms with Gasteiger partial charge in [-0.25, -0.2) is 0 Å². The standard InChI is InChI=1S/C25H23P/c1-6-9-15-10-12-18-22-16(11-13-21(26)23(15)22)14-20-24(18)17(7-2)19(8-3)25(20,4)5/h6-14,26H,2-3H2,1,4-5H3/b9-6-. The largest absolute Gasteiger partial charge is 0.114 e. The minimum absolute atomic E-state index is 0.0702. The molecule has 2 aliphatic rings. The normalized spacial score (nSPS) is 17.3. The topological polar surface area (TPSA) is 0 Å². The van der Waals surface area contributed by atoms with Gasteiger partial charge in [0.25, 0.3) is 0 Å². The molecule has 2 aromatic carbocycles. The van der Waals surface area contributed by atoms with E-state index >= 15 is 0 Å². The van der Waals surface area contributed by atoms with Crippen molar-refractivity contribution in [2.75, 3.05) is 0 Å². The summed E-state index contributed by atoms with van der Waals surface area (Å²) in [5, 5.41) is 3.73. The summed E-state index contributed by atoms with van der Waals surface area (Å²) in [7, 11) is 3.84. The minimum atomic E-state index is -0.0702.